The molecule has 1 fully saturated rings. The number of aromatic nitrogens is 1. The Kier molecular flexibility index (Phi) is 5.79. The van der Waals surface area contributed by atoms with E-state index in [1.54, 1.807) is 25.1 Å². The van der Waals surface area contributed by atoms with Crippen LogP contribution in [-0.2, 0) is 16.9 Å². The Morgan fingerprint density at radius 2 is 1.86 bits per heavy atom. The number of hydrogen-bond acceptors (Lipinski definition) is 3. The average molecular weight is 436 g/mol. The monoisotopic (exact) mass is 435 g/mol. The molecule has 0 radical (unpaired) electrons. The van der Waals surface area contributed by atoms with Crippen LogP contribution in [0.25, 0.3) is 0 Å². The number of nitrogens with one attached hydrogen (secondary N) is 1. The molecule has 6 nitrogen and oxygen atoms in total. The van der Waals surface area contributed by atoms with Crippen LogP contribution < -0.4 is 5.32 Å². The first-order chi connectivity index (χ1) is 13.6. The minimum atomic E-state index is -1.36. The Morgan fingerprint density at radius 1 is 1.17 bits per heavy atom. The standard InChI is InChI=1S/C21H23Cl2N3O3/c1-5-8-25-12(2)9-15(13(25)3)18(27)11-26-19(28)21(4,24-20(26)29)16-7-6-14(22)10-17(16)23/h6-7,9-10H,5,8,11H2,1-4H3,(H,24,29). The van der Waals surface area contributed by atoms with Gasteiger partial charge in [0.15, 0.2) is 5.78 Å². The number of ketones is 1. The topological polar surface area (TPSA) is 71.4 Å². The zero-order valence-corrected chi connectivity index (χ0v) is 18.3. The highest BCUT2D eigenvalue weighted by Gasteiger charge is 2.50. The molecule has 1 atom stereocenters. The summed E-state index contributed by atoms with van der Waals surface area (Å²) in [5, 5.41) is 3.36. The molecule has 29 heavy (non-hydrogen) atoms. The van der Waals surface area contributed by atoms with Gasteiger partial charge in [-0.1, -0.05) is 36.2 Å². The summed E-state index contributed by atoms with van der Waals surface area (Å²) in [4.78, 5) is 39.5. The number of halogens is 2. The van der Waals surface area contributed by atoms with Crippen LogP contribution >= 0.6 is 23.2 Å². The molecule has 0 aliphatic carbocycles. The number of Topliss-reactive ketones (excluding diaryl/α,β-unsaturated/α-hetero) is 1. The first-order valence-corrected chi connectivity index (χ1v) is 10.1. The molecule has 3 amide bonds. The van der Waals surface area contributed by atoms with Crippen LogP contribution in [0.2, 0.25) is 10.0 Å². The van der Waals surface area contributed by atoms with Gasteiger partial charge < -0.3 is 9.88 Å². The number of carbonyl (C=O) groups excluding carboxylic acids is 3. The van der Waals surface area contributed by atoms with Crippen LogP contribution in [0.4, 0.5) is 4.79 Å². The molecular weight excluding hydrogens is 413 g/mol. The van der Waals surface area contributed by atoms with Crippen molar-refractivity contribution < 1.29 is 14.4 Å². The van der Waals surface area contributed by atoms with Crippen molar-refractivity contribution in [2.75, 3.05) is 6.54 Å². The molecule has 1 unspecified atom stereocenters. The van der Waals surface area contributed by atoms with Crippen molar-refractivity contribution in [2.24, 2.45) is 0 Å². The zero-order chi connectivity index (χ0) is 21.5. The van der Waals surface area contributed by atoms with Crippen molar-refractivity contribution in [3.8, 4) is 0 Å². The predicted molar refractivity (Wildman–Crippen MR) is 113 cm³/mol. The molecule has 0 saturated carbocycles. The van der Waals surface area contributed by atoms with Crippen molar-refractivity contribution in [1.82, 2.24) is 14.8 Å². The van der Waals surface area contributed by atoms with E-state index in [9.17, 15) is 14.4 Å². The van der Waals surface area contributed by atoms with Gasteiger partial charge in [0, 0.05) is 39.1 Å². The summed E-state index contributed by atoms with van der Waals surface area (Å²) >= 11 is 12.2. The minimum Gasteiger partial charge on any atom is -0.348 e. The molecule has 8 heteroatoms. The number of amides is 3. The van der Waals surface area contributed by atoms with Crippen molar-refractivity contribution >= 4 is 40.9 Å². The van der Waals surface area contributed by atoms with Crippen LogP contribution in [0.3, 0.4) is 0 Å². The van der Waals surface area contributed by atoms with Crippen molar-refractivity contribution in [3.05, 3.63) is 56.8 Å². The number of urea groups is 1. The van der Waals surface area contributed by atoms with Gasteiger partial charge in [-0.05, 0) is 45.4 Å². The van der Waals surface area contributed by atoms with Crippen LogP contribution in [0.1, 0.15) is 47.6 Å². The Bertz CT molecular complexity index is 1010. The highest BCUT2D eigenvalue weighted by molar-refractivity contribution is 6.35. The maximum atomic E-state index is 13.1. The second-order valence-electron chi connectivity index (χ2n) is 7.43. The minimum absolute atomic E-state index is 0.268. The molecular formula is C21H23Cl2N3O3. The molecule has 0 bridgehead atoms. The van der Waals surface area contributed by atoms with E-state index in [1.807, 2.05) is 13.8 Å². The molecule has 1 aliphatic heterocycles. The van der Waals surface area contributed by atoms with E-state index >= 15 is 0 Å². The number of nitrogens with zero attached hydrogens (tertiary/aromatic N) is 2. The molecule has 3 rings (SSSR count). The Hall–Kier alpha value is -2.31. The Morgan fingerprint density at radius 3 is 2.48 bits per heavy atom. The van der Waals surface area contributed by atoms with E-state index in [-0.39, 0.29) is 17.4 Å². The molecule has 2 heterocycles. The van der Waals surface area contributed by atoms with Gasteiger partial charge in [-0.15, -0.1) is 0 Å². The third-order valence-electron chi connectivity index (χ3n) is 5.37. The smallest absolute Gasteiger partial charge is 0.325 e. The highest BCUT2D eigenvalue weighted by Crippen LogP contribution is 2.35. The molecule has 0 spiro atoms. The van der Waals surface area contributed by atoms with E-state index in [1.165, 1.54) is 6.07 Å². The first kappa shape index (κ1) is 21.4. The summed E-state index contributed by atoms with van der Waals surface area (Å²) in [6, 6.07) is 5.90. The van der Waals surface area contributed by atoms with Gasteiger partial charge in [-0.3, -0.25) is 14.5 Å². The fraction of sp³-hybridized carbons (Fsp3) is 0.381. The number of rotatable bonds is 6. The second-order valence-corrected chi connectivity index (χ2v) is 8.27. The van der Waals surface area contributed by atoms with Gasteiger partial charge in [-0.2, -0.15) is 0 Å². The van der Waals surface area contributed by atoms with E-state index in [2.05, 4.69) is 16.8 Å². The maximum Gasteiger partial charge on any atom is 0.325 e. The van der Waals surface area contributed by atoms with Crippen LogP contribution in [0.5, 0.6) is 0 Å². The average Bonchev–Trinajstić information content (AvgIpc) is 3.04. The summed E-state index contributed by atoms with van der Waals surface area (Å²) in [7, 11) is 0. The summed E-state index contributed by atoms with van der Waals surface area (Å²) in [6.07, 6.45) is 0.942. The van der Waals surface area contributed by atoms with E-state index in [0.29, 0.717) is 16.1 Å². The van der Waals surface area contributed by atoms with Gasteiger partial charge in [0.25, 0.3) is 5.91 Å². The summed E-state index contributed by atoms with van der Waals surface area (Å²) in [5.74, 6) is -0.808. The molecule has 1 aliphatic rings. The van der Waals surface area contributed by atoms with E-state index in [4.69, 9.17) is 23.2 Å². The van der Waals surface area contributed by atoms with Crippen molar-refractivity contribution in [1.29, 1.82) is 0 Å². The summed E-state index contributed by atoms with van der Waals surface area (Å²) in [6.45, 7) is 7.92. The fourth-order valence-corrected chi connectivity index (χ4v) is 4.40. The first-order valence-electron chi connectivity index (χ1n) is 9.39. The third-order valence-corrected chi connectivity index (χ3v) is 5.92. The van der Waals surface area contributed by atoms with Crippen molar-refractivity contribution in [3.63, 3.8) is 0 Å². The van der Waals surface area contributed by atoms with Crippen LogP contribution in [-0.4, -0.2) is 33.7 Å². The number of aryl methyl sites for hydroxylation is 1. The molecule has 1 aromatic carbocycles. The molecule has 2 aromatic rings. The molecule has 1 saturated heterocycles. The van der Waals surface area contributed by atoms with Gasteiger partial charge >= 0.3 is 6.03 Å². The molecule has 1 aromatic heterocycles. The summed E-state index contributed by atoms with van der Waals surface area (Å²) in [5.41, 5.74) is 1.40. The lowest BCUT2D eigenvalue weighted by Gasteiger charge is -2.23. The van der Waals surface area contributed by atoms with Crippen molar-refractivity contribution in [2.45, 2.75) is 46.2 Å². The third kappa shape index (κ3) is 3.67. The highest BCUT2D eigenvalue weighted by atomic mass is 35.5. The summed E-state index contributed by atoms with van der Waals surface area (Å²) < 4.78 is 2.07. The number of imide groups is 1. The lowest BCUT2D eigenvalue weighted by atomic mass is 9.92. The maximum absolute atomic E-state index is 13.1. The fourth-order valence-electron chi connectivity index (χ4n) is 3.80. The Labute approximate surface area is 179 Å². The Balaban J connectivity index is 1.87. The zero-order valence-electron chi connectivity index (χ0n) is 16.8. The molecule has 154 valence electrons. The lowest BCUT2D eigenvalue weighted by Crippen LogP contribution is -2.41. The predicted octanol–water partition coefficient (Wildman–Crippen LogP) is 4.47. The largest absolute Gasteiger partial charge is 0.348 e. The molecule has 1 N–H and O–H groups in total. The quantitative estimate of drug-likeness (QED) is 0.537. The van der Waals surface area contributed by atoms with E-state index in [0.717, 1.165) is 29.3 Å². The number of benzene rings is 1. The van der Waals surface area contributed by atoms with E-state index < -0.39 is 17.5 Å². The van der Waals surface area contributed by atoms with Gasteiger partial charge in [0.2, 0.25) is 0 Å². The number of hydrogen-bond donors (Lipinski definition) is 1. The van der Waals surface area contributed by atoms with Crippen LogP contribution in [0, 0.1) is 13.8 Å². The number of carbonyl (C=O) groups is 3. The van der Waals surface area contributed by atoms with Gasteiger partial charge in [-0.25, -0.2) is 4.79 Å². The SMILES string of the molecule is CCCn1c(C)cc(C(=O)CN2C(=O)NC(C)(c3ccc(Cl)cc3Cl)C2=O)c1C. The lowest BCUT2D eigenvalue weighted by molar-refractivity contribution is -0.130. The van der Waals surface area contributed by atoms with Gasteiger partial charge in [0.1, 0.15) is 5.54 Å². The van der Waals surface area contributed by atoms with Gasteiger partial charge in [0.05, 0.1) is 6.54 Å². The normalized spacial score (nSPS) is 19.0. The second kappa shape index (κ2) is 7.84. The van der Waals surface area contributed by atoms with Crippen LogP contribution in [0.15, 0.2) is 24.3 Å².